The maximum absolute atomic E-state index is 13.2. The lowest BCUT2D eigenvalue weighted by Crippen LogP contribution is -2.13. The number of hydrogen-bond donors (Lipinski definition) is 0. The molecule has 0 aliphatic heterocycles. The molecule has 2 nitrogen and oxygen atoms in total. The van der Waals surface area contributed by atoms with Crippen molar-refractivity contribution in [2.45, 2.75) is 25.7 Å². The van der Waals surface area contributed by atoms with Crippen molar-refractivity contribution in [3.63, 3.8) is 0 Å². The van der Waals surface area contributed by atoms with Crippen LogP contribution in [0.4, 0.5) is 4.39 Å². The smallest absolute Gasteiger partial charge is 0.126 e. The Morgan fingerprint density at radius 3 is 2.78 bits per heavy atom. The molecule has 0 heterocycles. The van der Waals surface area contributed by atoms with Gasteiger partial charge in [-0.1, -0.05) is 6.07 Å². The van der Waals surface area contributed by atoms with Gasteiger partial charge in [0.25, 0.3) is 0 Å². The summed E-state index contributed by atoms with van der Waals surface area (Å²) in [5.74, 6) is 1.22. The van der Waals surface area contributed by atoms with E-state index in [1.807, 2.05) is 6.07 Å². The van der Waals surface area contributed by atoms with Gasteiger partial charge in [-0.3, -0.25) is 0 Å². The number of hydrogen-bond acceptors (Lipinski definition) is 2. The quantitative estimate of drug-likeness (QED) is 0.738. The second kappa shape index (κ2) is 6.19. The van der Waals surface area contributed by atoms with Crippen molar-refractivity contribution in [3.05, 3.63) is 29.6 Å². The van der Waals surface area contributed by atoms with E-state index in [1.54, 1.807) is 0 Å². The lowest BCUT2D eigenvalue weighted by molar-refractivity contribution is 0.294. The lowest BCUT2D eigenvalue weighted by atomic mass is 10.1. The average Bonchev–Trinajstić information content (AvgIpc) is 3.12. The highest BCUT2D eigenvalue weighted by Crippen LogP contribution is 2.30. The number of nitrogens with zero attached hydrogens (tertiary/aromatic N) is 1. The molecule has 3 heteroatoms. The van der Waals surface area contributed by atoms with Crippen LogP contribution in [0.5, 0.6) is 5.75 Å². The number of halogens is 1. The molecular formula is C15H22FNO. The first-order valence-electron chi connectivity index (χ1n) is 6.71. The Morgan fingerprint density at radius 1 is 1.33 bits per heavy atom. The van der Waals surface area contributed by atoms with Crippen LogP contribution in [0.2, 0.25) is 0 Å². The van der Waals surface area contributed by atoms with Gasteiger partial charge in [-0.15, -0.1) is 0 Å². The van der Waals surface area contributed by atoms with Crippen molar-refractivity contribution in [3.8, 4) is 5.75 Å². The van der Waals surface area contributed by atoms with E-state index in [0.717, 1.165) is 37.3 Å². The normalized spacial score (nSPS) is 15.1. The maximum atomic E-state index is 13.2. The van der Waals surface area contributed by atoms with Crippen molar-refractivity contribution < 1.29 is 9.13 Å². The van der Waals surface area contributed by atoms with E-state index in [1.165, 1.54) is 25.0 Å². The summed E-state index contributed by atoms with van der Waals surface area (Å²) in [4.78, 5) is 2.16. The summed E-state index contributed by atoms with van der Waals surface area (Å²) >= 11 is 0. The Labute approximate surface area is 109 Å². The molecule has 0 amide bonds. The van der Waals surface area contributed by atoms with E-state index < -0.39 is 0 Å². The fourth-order valence-corrected chi connectivity index (χ4v) is 1.95. The van der Waals surface area contributed by atoms with Crippen molar-refractivity contribution in [1.82, 2.24) is 4.90 Å². The molecule has 0 spiro atoms. The first kappa shape index (κ1) is 13.3. The lowest BCUT2D eigenvalue weighted by Gasteiger charge is -2.13. The summed E-state index contributed by atoms with van der Waals surface area (Å²) in [6, 6.07) is 4.90. The van der Waals surface area contributed by atoms with Crippen LogP contribution in [-0.4, -0.2) is 32.1 Å². The number of rotatable bonds is 7. The molecule has 1 fully saturated rings. The van der Waals surface area contributed by atoms with Gasteiger partial charge in [0.05, 0.1) is 6.61 Å². The zero-order valence-corrected chi connectivity index (χ0v) is 11.3. The molecule has 1 aromatic carbocycles. The Morgan fingerprint density at radius 2 is 2.11 bits per heavy atom. The number of aryl methyl sites for hydroxylation is 1. The van der Waals surface area contributed by atoms with Crippen LogP contribution in [-0.2, 0) is 6.42 Å². The highest BCUT2D eigenvalue weighted by Gasteiger charge is 2.22. The largest absolute Gasteiger partial charge is 0.493 e. The molecule has 2 rings (SSSR count). The van der Waals surface area contributed by atoms with Gasteiger partial charge >= 0.3 is 0 Å². The molecule has 0 atom stereocenters. The second-order valence-electron chi connectivity index (χ2n) is 5.41. The van der Waals surface area contributed by atoms with Crippen LogP contribution in [0, 0.1) is 11.7 Å². The zero-order valence-electron chi connectivity index (χ0n) is 11.3. The molecule has 1 saturated carbocycles. The van der Waals surface area contributed by atoms with Crippen LogP contribution < -0.4 is 4.74 Å². The van der Waals surface area contributed by atoms with E-state index in [0.29, 0.717) is 5.92 Å². The standard InChI is InChI=1S/C15H22FNO/c1-17(2)9-3-4-13-7-8-14(16)10-15(13)18-11-12-5-6-12/h7-8,10,12H,3-6,9,11H2,1-2H3. The molecule has 0 aromatic heterocycles. The van der Waals surface area contributed by atoms with E-state index >= 15 is 0 Å². The predicted molar refractivity (Wildman–Crippen MR) is 71.5 cm³/mol. The monoisotopic (exact) mass is 251 g/mol. The molecule has 1 aliphatic carbocycles. The molecule has 1 aliphatic rings. The molecule has 0 bridgehead atoms. The molecule has 0 radical (unpaired) electrons. The summed E-state index contributed by atoms with van der Waals surface area (Å²) in [6.45, 7) is 1.78. The van der Waals surface area contributed by atoms with Gasteiger partial charge in [0.2, 0.25) is 0 Å². The molecule has 100 valence electrons. The third-order valence-corrected chi connectivity index (χ3v) is 3.25. The van der Waals surface area contributed by atoms with Gasteiger partial charge in [0.15, 0.2) is 0 Å². The summed E-state index contributed by atoms with van der Waals surface area (Å²) in [6.07, 6.45) is 4.52. The summed E-state index contributed by atoms with van der Waals surface area (Å²) in [7, 11) is 4.13. The first-order chi connectivity index (χ1) is 8.65. The van der Waals surface area contributed by atoms with Crippen LogP contribution in [0.3, 0.4) is 0 Å². The third-order valence-electron chi connectivity index (χ3n) is 3.25. The topological polar surface area (TPSA) is 12.5 Å². The molecule has 1 aromatic rings. The predicted octanol–water partition coefficient (Wildman–Crippen LogP) is 3.11. The van der Waals surface area contributed by atoms with Crippen molar-refractivity contribution >= 4 is 0 Å². The van der Waals surface area contributed by atoms with Crippen LogP contribution in [0.1, 0.15) is 24.8 Å². The molecule has 0 saturated heterocycles. The van der Waals surface area contributed by atoms with Crippen LogP contribution in [0.15, 0.2) is 18.2 Å². The Kier molecular flexibility index (Phi) is 4.59. The summed E-state index contributed by atoms with van der Waals surface area (Å²) < 4.78 is 19.0. The van der Waals surface area contributed by atoms with Gasteiger partial charge in [0.1, 0.15) is 11.6 Å². The van der Waals surface area contributed by atoms with Gasteiger partial charge in [-0.2, -0.15) is 0 Å². The van der Waals surface area contributed by atoms with Gasteiger partial charge in [-0.25, -0.2) is 4.39 Å². The molecule has 0 N–H and O–H groups in total. The van der Waals surface area contributed by atoms with Crippen molar-refractivity contribution in [1.29, 1.82) is 0 Å². The zero-order chi connectivity index (χ0) is 13.0. The highest BCUT2D eigenvalue weighted by molar-refractivity contribution is 5.34. The van der Waals surface area contributed by atoms with Crippen LogP contribution in [0.25, 0.3) is 0 Å². The van der Waals surface area contributed by atoms with Gasteiger partial charge in [0, 0.05) is 6.07 Å². The Hall–Kier alpha value is -1.09. The van der Waals surface area contributed by atoms with Crippen molar-refractivity contribution in [2.75, 3.05) is 27.2 Å². The minimum Gasteiger partial charge on any atom is -0.493 e. The fraction of sp³-hybridized carbons (Fsp3) is 0.600. The van der Waals surface area contributed by atoms with E-state index in [9.17, 15) is 4.39 Å². The maximum Gasteiger partial charge on any atom is 0.126 e. The summed E-state index contributed by atoms with van der Waals surface area (Å²) in [5, 5.41) is 0. The summed E-state index contributed by atoms with van der Waals surface area (Å²) in [5.41, 5.74) is 1.12. The first-order valence-corrected chi connectivity index (χ1v) is 6.71. The average molecular weight is 251 g/mol. The number of benzene rings is 1. The molecular weight excluding hydrogens is 229 g/mol. The van der Waals surface area contributed by atoms with Gasteiger partial charge in [-0.05, 0) is 63.9 Å². The van der Waals surface area contributed by atoms with E-state index in [2.05, 4.69) is 19.0 Å². The minimum absolute atomic E-state index is 0.211. The number of ether oxygens (including phenoxy) is 1. The van der Waals surface area contributed by atoms with Crippen molar-refractivity contribution in [2.24, 2.45) is 5.92 Å². The van der Waals surface area contributed by atoms with E-state index in [4.69, 9.17) is 4.74 Å². The third kappa shape index (κ3) is 4.30. The Bertz CT molecular complexity index is 388. The van der Waals surface area contributed by atoms with Crippen LogP contribution >= 0.6 is 0 Å². The highest BCUT2D eigenvalue weighted by atomic mass is 19.1. The molecule has 0 unspecified atom stereocenters. The second-order valence-corrected chi connectivity index (χ2v) is 5.41. The Balaban J connectivity index is 1.93. The van der Waals surface area contributed by atoms with Gasteiger partial charge < -0.3 is 9.64 Å². The fourth-order valence-electron chi connectivity index (χ4n) is 1.95. The molecule has 18 heavy (non-hydrogen) atoms. The minimum atomic E-state index is -0.211. The van der Waals surface area contributed by atoms with E-state index in [-0.39, 0.29) is 5.82 Å². The SMILES string of the molecule is CN(C)CCCc1ccc(F)cc1OCC1CC1.